The number of nitrogens with zero attached hydrogens (tertiary/aromatic N) is 5. The van der Waals surface area contributed by atoms with Crippen LogP contribution in [-0.4, -0.2) is 68.9 Å². The molecular weight excluding hydrogens is 649 g/mol. The number of ether oxygens (including phenoxy) is 2. The first kappa shape index (κ1) is 33.4. The monoisotopic (exact) mass is 679 g/mol. The Morgan fingerprint density at radius 1 is 1.09 bits per heavy atom. The molecule has 2 aromatic carbocycles. The average Bonchev–Trinajstić information content (AvgIpc) is 3.47. The van der Waals surface area contributed by atoms with Crippen LogP contribution in [0.25, 0.3) is 22.4 Å². The molecule has 4 aromatic rings. The van der Waals surface area contributed by atoms with Crippen LogP contribution < -0.4 is 20.9 Å². The lowest BCUT2D eigenvalue weighted by Crippen LogP contribution is -2.42. The quantitative estimate of drug-likeness (QED) is 0.242. The molecule has 5 rings (SSSR count). The summed E-state index contributed by atoms with van der Waals surface area (Å²) in [7, 11) is 2.90. The van der Waals surface area contributed by atoms with Crippen molar-refractivity contribution in [3.63, 3.8) is 0 Å². The van der Waals surface area contributed by atoms with Crippen molar-refractivity contribution in [3.05, 3.63) is 86.5 Å². The van der Waals surface area contributed by atoms with Crippen LogP contribution in [0, 0.1) is 0 Å². The van der Waals surface area contributed by atoms with E-state index in [9.17, 15) is 19.2 Å². The zero-order valence-electron chi connectivity index (χ0n) is 25.8. The molecule has 47 heavy (non-hydrogen) atoms. The normalized spacial score (nSPS) is 14.0. The van der Waals surface area contributed by atoms with E-state index in [1.807, 2.05) is 0 Å². The molecule has 1 atom stereocenters. The van der Waals surface area contributed by atoms with Crippen molar-refractivity contribution in [2.75, 3.05) is 25.6 Å². The van der Waals surface area contributed by atoms with Crippen molar-refractivity contribution in [1.29, 1.82) is 0 Å². The summed E-state index contributed by atoms with van der Waals surface area (Å²) in [5.74, 6) is -0.517. The molecule has 0 bridgehead atoms. The van der Waals surface area contributed by atoms with E-state index in [2.05, 4.69) is 25.7 Å². The lowest BCUT2D eigenvalue weighted by Gasteiger charge is -2.25. The van der Waals surface area contributed by atoms with Gasteiger partial charge in [-0.25, -0.2) is 14.5 Å². The van der Waals surface area contributed by atoms with Crippen molar-refractivity contribution in [1.82, 2.24) is 30.0 Å². The second-order valence-corrected chi connectivity index (χ2v) is 11.3. The number of aryl methyl sites for hydroxylation is 1. The zero-order valence-corrected chi connectivity index (χ0v) is 27.3. The number of methoxy groups -OCH3 is 1. The van der Waals surface area contributed by atoms with Crippen molar-refractivity contribution >= 4 is 46.8 Å². The first-order chi connectivity index (χ1) is 22.6. The van der Waals surface area contributed by atoms with Crippen molar-refractivity contribution in [2.24, 2.45) is 7.05 Å². The third kappa shape index (κ3) is 7.36. The van der Waals surface area contributed by atoms with Gasteiger partial charge in [0.15, 0.2) is 0 Å². The molecule has 3 amide bonds. The Morgan fingerprint density at radius 3 is 2.51 bits per heavy atom. The van der Waals surface area contributed by atoms with Crippen LogP contribution in [0.15, 0.2) is 59.7 Å². The summed E-state index contributed by atoms with van der Waals surface area (Å²) < 4.78 is 11.9. The van der Waals surface area contributed by atoms with Gasteiger partial charge in [-0.05, 0) is 25.5 Å². The van der Waals surface area contributed by atoms with E-state index < -0.39 is 17.6 Å². The lowest BCUT2D eigenvalue weighted by molar-refractivity contribution is -0.119. The van der Waals surface area contributed by atoms with Crippen LogP contribution in [0.4, 0.5) is 10.5 Å². The van der Waals surface area contributed by atoms with E-state index in [1.165, 1.54) is 37.5 Å². The van der Waals surface area contributed by atoms with Gasteiger partial charge in [-0.3, -0.25) is 19.4 Å². The summed E-state index contributed by atoms with van der Waals surface area (Å²) in [5.41, 5.74) is 2.05. The van der Waals surface area contributed by atoms with Crippen molar-refractivity contribution in [2.45, 2.75) is 32.4 Å². The molecule has 0 saturated carbocycles. The first-order valence-corrected chi connectivity index (χ1v) is 15.4. The summed E-state index contributed by atoms with van der Waals surface area (Å²) in [6.07, 6.45) is 3.34. The molecule has 15 heteroatoms. The number of hydrogen-bond donors (Lipinski definition) is 2. The van der Waals surface area contributed by atoms with Gasteiger partial charge in [0.25, 0.3) is 11.5 Å². The Hall–Kier alpha value is -5.01. The van der Waals surface area contributed by atoms with Gasteiger partial charge in [-0.1, -0.05) is 53.5 Å². The van der Waals surface area contributed by atoms with Crippen LogP contribution in [-0.2, 0) is 23.1 Å². The van der Waals surface area contributed by atoms with E-state index in [0.717, 1.165) is 4.68 Å². The highest BCUT2D eigenvalue weighted by Gasteiger charge is 2.28. The van der Waals surface area contributed by atoms with E-state index in [1.54, 1.807) is 43.3 Å². The number of halogens is 2. The van der Waals surface area contributed by atoms with Gasteiger partial charge in [-0.2, -0.15) is 5.10 Å². The van der Waals surface area contributed by atoms with Crippen LogP contribution in [0.1, 0.15) is 35.8 Å². The number of benzene rings is 2. The molecule has 0 aliphatic carbocycles. The predicted molar refractivity (Wildman–Crippen MR) is 176 cm³/mol. The van der Waals surface area contributed by atoms with Gasteiger partial charge >= 0.3 is 6.09 Å². The number of carbonyl (C=O) groups is 3. The van der Waals surface area contributed by atoms with E-state index in [0.29, 0.717) is 45.9 Å². The number of carbonyl (C=O) groups excluding carboxylic acids is 3. The highest BCUT2D eigenvalue weighted by molar-refractivity contribution is 6.39. The summed E-state index contributed by atoms with van der Waals surface area (Å²) >= 11 is 13.7. The lowest BCUT2D eigenvalue weighted by atomic mass is 10.0. The molecule has 1 saturated heterocycles. The topological polar surface area (TPSA) is 158 Å². The Kier molecular flexibility index (Phi) is 10.4. The number of nitrogens with one attached hydrogen (secondary N) is 2. The van der Waals surface area contributed by atoms with Crippen molar-refractivity contribution in [3.8, 4) is 28.3 Å². The highest BCUT2D eigenvalue weighted by Crippen LogP contribution is 2.41. The minimum Gasteiger partial charge on any atom is -0.480 e. The Balaban J connectivity index is 1.42. The average molecular weight is 681 g/mol. The maximum Gasteiger partial charge on any atom is 0.410 e. The first-order valence-electron chi connectivity index (χ1n) is 14.6. The number of amides is 3. The van der Waals surface area contributed by atoms with Crippen molar-refractivity contribution < 1.29 is 23.9 Å². The number of rotatable bonds is 10. The minimum atomic E-state index is -0.635. The second-order valence-electron chi connectivity index (χ2n) is 10.6. The number of anilines is 1. The Labute approximate surface area is 279 Å². The minimum absolute atomic E-state index is 0.0368. The summed E-state index contributed by atoms with van der Waals surface area (Å²) in [6, 6.07) is 11.5. The van der Waals surface area contributed by atoms with Gasteiger partial charge in [0.05, 0.1) is 47.9 Å². The fraction of sp³-hybridized carbons (Fsp3) is 0.281. The highest BCUT2D eigenvalue weighted by atomic mass is 35.5. The third-order valence-corrected chi connectivity index (χ3v) is 8.27. The summed E-state index contributed by atoms with van der Waals surface area (Å²) in [4.78, 5) is 60.4. The van der Waals surface area contributed by atoms with Gasteiger partial charge in [0.2, 0.25) is 11.8 Å². The molecule has 0 spiro atoms. The predicted octanol–water partition coefficient (Wildman–Crippen LogP) is 4.71. The largest absolute Gasteiger partial charge is 0.480 e. The maximum absolute atomic E-state index is 12.9. The SMILES string of the molecule is CCOC(=O)N(Cc1ncc(-c2cccc(-c3cccc(NC(=O)c4ccnn(C)c4=O)c3Cl)c2Cl)nc1OC)C[C@@H]1CCC(=O)N1. The Morgan fingerprint density at radius 2 is 1.81 bits per heavy atom. The van der Waals surface area contributed by atoms with Gasteiger partial charge in [0.1, 0.15) is 11.3 Å². The van der Waals surface area contributed by atoms with Gasteiger partial charge in [-0.15, -0.1) is 0 Å². The molecule has 0 radical (unpaired) electrons. The number of aromatic nitrogens is 4. The fourth-order valence-electron chi connectivity index (χ4n) is 5.12. The zero-order chi connectivity index (χ0) is 33.7. The smallest absolute Gasteiger partial charge is 0.410 e. The molecule has 0 unspecified atom stereocenters. The van der Waals surface area contributed by atoms with E-state index in [-0.39, 0.29) is 53.8 Å². The van der Waals surface area contributed by atoms with Gasteiger partial charge < -0.3 is 25.0 Å². The van der Waals surface area contributed by atoms with E-state index in [4.69, 9.17) is 32.7 Å². The maximum atomic E-state index is 12.9. The van der Waals surface area contributed by atoms with E-state index >= 15 is 0 Å². The third-order valence-electron chi connectivity index (χ3n) is 7.46. The molecule has 1 aliphatic heterocycles. The molecule has 244 valence electrons. The molecule has 2 aromatic heterocycles. The molecule has 1 fully saturated rings. The van der Waals surface area contributed by atoms with Crippen LogP contribution in [0.3, 0.4) is 0 Å². The molecule has 13 nitrogen and oxygen atoms in total. The molecule has 1 aliphatic rings. The summed E-state index contributed by atoms with van der Waals surface area (Å²) in [6.45, 7) is 2.18. The molecular formula is C32H31Cl2N7O6. The van der Waals surface area contributed by atoms with Crippen LogP contribution in [0.5, 0.6) is 5.88 Å². The summed E-state index contributed by atoms with van der Waals surface area (Å²) in [5, 5.41) is 9.92. The van der Waals surface area contributed by atoms with Gasteiger partial charge in [0, 0.05) is 48.9 Å². The molecule has 3 heterocycles. The van der Waals surface area contributed by atoms with Crippen LogP contribution >= 0.6 is 23.2 Å². The second kappa shape index (κ2) is 14.6. The standard InChI is InChI=1S/C32H31Cl2N7O6/c1-4-47-32(45)41(16-18-11-12-26(42)37-18)17-25-30(46-3)39-24(15-35-25)21-9-5-7-19(27(21)33)20-8-6-10-23(28(20)34)38-29(43)22-13-14-36-40(2)31(22)44/h5-10,13-15,18H,4,11-12,16-17H2,1-3H3,(H,37,42)(H,38,43)/t18-/m0/s1. The number of hydrogen-bond acceptors (Lipinski definition) is 9. The Bertz CT molecular complexity index is 1900. The fourth-order valence-corrected chi connectivity index (χ4v) is 5.72. The van der Waals surface area contributed by atoms with Crippen LogP contribution in [0.2, 0.25) is 10.0 Å². The molecule has 2 N–H and O–H groups in total.